The van der Waals surface area contributed by atoms with Crippen LogP contribution in [0.1, 0.15) is 36.8 Å². The Labute approximate surface area is 292 Å². The number of nitrogens with one attached hydrogen (secondary N) is 1. The number of nitrogens with zero attached hydrogens (tertiary/aromatic N) is 5. The molecule has 2 fully saturated rings. The van der Waals surface area contributed by atoms with Crippen LogP contribution in [-0.2, 0) is 10.8 Å². The highest BCUT2D eigenvalue weighted by Gasteiger charge is 2.38. The number of nitriles is 2. The molecule has 0 spiro atoms. The Morgan fingerprint density at radius 3 is 1.51 bits per heavy atom. The van der Waals surface area contributed by atoms with Crippen LogP contribution in [0.2, 0.25) is 0 Å². The Bertz CT molecular complexity index is 1780. The fourth-order valence-electron chi connectivity index (χ4n) is 7.02. The predicted molar refractivity (Wildman–Crippen MR) is 200 cm³/mol. The van der Waals surface area contributed by atoms with E-state index in [1.165, 1.54) is 0 Å². The summed E-state index contributed by atoms with van der Waals surface area (Å²) in [5.41, 5.74) is 5.82. The van der Waals surface area contributed by atoms with Gasteiger partial charge in [0.2, 0.25) is 0 Å². The maximum Gasteiger partial charge on any atom is 0.142 e. The normalized spacial score (nSPS) is 16.2. The third-order valence-corrected chi connectivity index (χ3v) is 10.1. The van der Waals surface area contributed by atoms with Crippen LogP contribution in [0.15, 0.2) is 97.1 Å². The van der Waals surface area contributed by atoms with E-state index in [4.69, 9.17) is 9.47 Å². The van der Waals surface area contributed by atoms with E-state index in [2.05, 4.69) is 80.7 Å². The Morgan fingerprint density at radius 1 is 0.633 bits per heavy atom. The van der Waals surface area contributed by atoms with E-state index in [0.29, 0.717) is 0 Å². The number of anilines is 4. The van der Waals surface area contributed by atoms with Gasteiger partial charge in [0.25, 0.3) is 0 Å². The summed E-state index contributed by atoms with van der Waals surface area (Å²) in [6, 6.07) is 38.0. The molecule has 2 aliphatic rings. The largest absolute Gasteiger partial charge is 0.495 e. The van der Waals surface area contributed by atoms with Crippen molar-refractivity contribution >= 4 is 22.7 Å². The lowest BCUT2D eigenvalue weighted by molar-refractivity contribution is 0.396. The standard InChI is InChI=1S/C21H25N3O.C20H23N3O/c1-23(2)18-8-6-7-17(15-18)21(16-22)11-13-24(14-12-21)19-9-4-5-10-20(19)25-3;1-22-17-7-5-6-16(14-17)20(15-21)10-12-23(13-11-20)18-8-3-4-9-19(18)24-2/h4-10,15H,11-14H2,1-3H3;3-9,14,22H,10-13H2,1-2H3. The minimum absolute atomic E-state index is 0.411. The number of piperidine rings is 2. The van der Waals surface area contributed by atoms with Crippen LogP contribution in [0.5, 0.6) is 11.5 Å². The van der Waals surface area contributed by atoms with Gasteiger partial charge >= 0.3 is 0 Å². The maximum absolute atomic E-state index is 9.98. The molecular formula is C41H48N6O2. The summed E-state index contributed by atoms with van der Waals surface area (Å²) in [6.45, 7) is 3.38. The Morgan fingerprint density at radius 2 is 1.08 bits per heavy atom. The number of hydrogen-bond acceptors (Lipinski definition) is 8. The molecule has 0 aliphatic carbocycles. The first kappa shape index (κ1) is 35.0. The molecule has 8 heteroatoms. The minimum atomic E-state index is -0.412. The molecule has 8 nitrogen and oxygen atoms in total. The summed E-state index contributed by atoms with van der Waals surface area (Å²) in [6.07, 6.45) is 3.26. The molecule has 2 aliphatic heterocycles. The van der Waals surface area contributed by atoms with Gasteiger partial charge in [0.15, 0.2) is 0 Å². The first-order valence-corrected chi connectivity index (χ1v) is 17.0. The highest BCUT2D eigenvalue weighted by Crippen LogP contribution is 2.41. The van der Waals surface area contributed by atoms with Crippen LogP contribution in [0, 0.1) is 22.7 Å². The highest BCUT2D eigenvalue weighted by molar-refractivity contribution is 5.61. The molecule has 0 atom stereocenters. The van der Waals surface area contributed by atoms with Crippen molar-refractivity contribution in [3.05, 3.63) is 108 Å². The van der Waals surface area contributed by atoms with E-state index in [1.807, 2.05) is 69.7 Å². The maximum atomic E-state index is 9.98. The van der Waals surface area contributed by atoms with Crippen LogP contribution in [0.25, 0.3) is 0 Å². The van der Waals surface area contributed by atoms with Crippen LogP contribution >= 0.6 is 0 Å². The quantitative estimate of drug-likeness (QED) is 0.207. The molecule has 0 radical (unpaired) electrons. The van der Waals surface area contributed by atoms with E-state index < -0.39 is 10.8 Å². The third kappa shape index (κ3) is 7.55. The highest BCUT2D eigenvalue weighted by atomic mass is 16.5. The van der Waals surface area contributed by atoms with Gasteiger partial charge in [-0.3, -0.25) is 0 Å². The van der Waals surface area contributed by atoms with Crippen molar-refractivity contribution < 1.29 is 9.47 Å². The molecule has 0 unspecified atom stereocenters. The summed E-state index contributed by atoms with van der Waals surface area (Å²) in [4.78, 5) is 6.72. The van der Waals surface area contributed by atoms with Gasteiger partial charge in [-0.2, -0.15) is 10.5 Å². The van der Waals surface area contributed by atoms with E-state index in [1.54, 1.807) is 14.2 Å². The second-order valence-corrected chi connectivity index (χ2v) is 13.0. The van der Waals surface area contributed by atoms with Crippen molar-refractivity contribution in [1.82, 2.24) is 0 Å². The van der Waals surface area contributed by atoms with E-state index in [-0.39, 0.29) is 0 Å². The fraction of sp³-hybridized carbons (Fsp3) is 0.366. The molecule has 6 rings (SSSR count). The summed E-state index contributed by atoms with van der Waals surface area (Å²) in [5, 5.41) is 23.0. The minimum Gasteiger partial charge on any atom is -0.495 e. The number of methoxy groups -OCH3 is 2. The van der Waals surface area contributed by atoms with Crippen LogP contribution in [-0.4, -0.2) is 61.5 Å². The molecule has 2 saturated heterocycles. The van der Waals surface area contributed by atoms with Gasteiger partial charge in [-0.05, 0) is 85.3 Å². The first-order chi connectivity index (χ1) is 23.8. The van der Waals surface area contributed by atoms with Gasteiger partial charge in [-0.25, -0.2) is 0 Å². The molecule has 254 valence electrons. The second-order valence-electron chi connectivity index (χ2n) is 13.0. The summed E-state index contributed by atoms with van der Waals surface area (Å²) in [7, 11) is 9.37. The number of ether oxygens (including phenoxy) is 2. The lowest BCUT2D eigenvalue weighted by Gasteiger charge is -2.39. The second kappa shape index (κ2) is 15.7. The smallest absolute Gasteiger partial charge is 0.142 e. The average Bonchev–Trinajstić information content (AvgIpc) is 3.18. The zero-order chi connectivity index (χ0) is 34.9. The third-order valence-electron chi connectivity index (χ3n) is 10.1. The lowest BCUT2D eigenvalue weighted by Crippen LogP contribution is -2.42. The topological polar surface area (TPSA) is 87.8 Å². The van der Waals surface area contributed by atoms with Crippen molar-refractivity contribution in [2.24, 2.45) is 0 Å². The van der Waals surface area contributed by atoms with Crippen molar-refractivity contribution in [1.29, 1.82) is 10.5 Å². The molecule has 4 aromatic rings. The van der Waals surface area contributed by atoms with E-state index in [0.717, 1.165) is 97.2 Å². The molecule has 49 heavy (non-hydrogen) atoms. The van der Waals surface area contributed by atoms with Crippen molar-refractivity contribution in [3.8, 4) is 23.6 Å². The average molecular weight is 657 g/mol. The van der Waals surface area contributed by atoms with Gasteiger partial charge in [-0.15, -0.1) is 0 Å². The summed E-state index contributed by atoms with van der Waals surface area (Å²) in [5.74, 6) is 1.78. The molecule has 2 heterocycles. The van der Waals surface area contributed by atoms with E-state index >= 15 is 0 Å². The monoisotopic (exact) mass is 656 g/mol. The molecule has 0 aromatic heterocycles. The van der Waals surface area contributed by atoms with Crippen LogP contribution in [0.4, 0.5) is 22.7 Å². The summed E-state index contributed by atoms with van der Waals surface area (Å²) < 4.78 is 11.0. The van der Waals surface area contributed by atoms with Gasteiger partial charge in [0.05, 0.1) is 48.6 Å². The molecular weight excluding hydrogens is 608 g/mol. The lowest BCUT2D eigenvalue weighted by atomic mass is 9.74. The van der Waals surface area contributed by atoms with Crippen LogP contribution in [0.3, 0.4) is 0 Å². The number of benzene rings is 4. The number of para-hydroxylation sites is 4. The predicted octanol–water partition coefficient (Wildman–Crippen LogP) is 7.62. The molecule has 0 bridgehead atoms. The van der Waals surface area contributed by atoms with Crippen molar-refractivity contribution in [2.45, 2.75) is 36.5 Å². The van der Waals surface area contributed by atoms with Crippen molar-refractivity contribution in [3.63, 3.8) is 0 Å². The van der Waals surface area contributed by atoms with E-state index in [9.17, 15) is 10.5 Å². The molecule has 0 saturated carbocycles. The SMILES string of the molecule is CNc1cccc(C2(C#N)CCN(c3ccccc3OC)CC2)c1.COc1ccccc1N1CCC(C#N)(c2cccc(N(C)C)c2)CC1. The molecule has 0 amide bonds. The number of rotatable bonds is 8. The number of hydrogen-bond donors (Lipinski definition) is 1. The molecule has 1 N–H and O–H groups in total. The Hall–Kier alpha value is -5.34. The van der Waals surface area contributed by atoms with Gasteiger partial charge in [0.1, 0.15) is 11.5 Å². The van der Waals surface area contributed by atoms with Gasteiger partial charge < -0.3 is 29.5 Å². The molecule has 4 aromatic carbocycles. The first-order valence-electron chi connectivity index (χ1n) is 17.0. The summed E-state index contributed by atoms with van der Waals surface area (Å²) >= 11 is 0. The Balaban J connectivity index is 0.000000191. The Kier molecular flexibility index (Phi) is 11.2. The van der Waals surface area contributed by atoms with Crippen molar-refractivity contribution in [2.75, 3.05) is 81.6 Å². The van der Waals surface area contributed by atoms with Crippen LogP contribution < -0.4 is 29.5 Å². The fourth-order valence-corrected chi connectivity index (χ4v) is 7.02. The zero-order valence-corrected chi connectivity index (χ0v) is 29.4. The van der Waals surface area contributed by atoms with Gasteiger partial charge in [0, 0.05) is 58.7 Å². The zero-order valence-electron chi connectivity index (χ0n) is 29.4. The van der Waals surface area contributed by atoms with Gasteiger partial charge in [-0.1, -0.05) is 48.5 Å².